The molecule has 0 saturated carbocycles. The van der Waals surface area contributed by atoms with Gasteiger partial charge < -0.3 is 19.3 Å². The maximum atomic E-state index is 12.4. The molecule has 0 bridgehead atoms. The Hall–Kier alpha value is -1.73. The van der Waals surface area contributed by atoms with Crippen LogP contribution in [0.3, 0.4) is 0 Å². The number of ether oxygens (including phenoxy) is 2. The number of nitrogens with zero attached hydrogens (tertiary/aromatic N) is 2. The number of halogens is 2. The highest BCUT2D eigenvalue weighted by Gasteiger charge is 2.26. The van der Waals surface area contributed by atoms with Crippen molar-refractivity contribution in [1.82, 2.24) is 9.80 Å². The summed E-state index contributed by atoms with van der Waals surface area (Å²) in [5.74, 6) is 0.409. The summed E-state index contributed by atoms with van der Waals surface area (Å²) in [5, 5.41) is 0.479. The predicted molar refractivity (Wildman–Crippen MR) is 141 cm³/mol. The number of hydrogen-bond donors (Lipinski definition) is 0. The molecule has 0 atom stereocenters. The van der Waals surface area contributed by atoms with Crippen LogP contribution in [0.5, 0.6) is 5.75 Å². The highest BCUT2D eigenvalue weighted by molar-refractivity contribution is 9.10. The smallest absolute Gasteiger partial charge is 0.415 e. The van der Waals surface area contributed by atoms with Crippen LogP contribution in [-0.2, 0) is 4.74 Å². The third kappa shape index (κ3) is 9.57. The largest absolute Gasteiger partial charge is 0.444 e. The molecule has 0 spiro atoms. The zero-order valence-corrected chi connectivity index (χ0v) is 23.9. The molecule has 1 aromatic carbocycles. The summed E-state index contributed by atoms with van der Waals surface area (Å²) in [4.78, 5) is 28.0. The second-order valence-electron chi connectivity index (χ2n) is 7.68. The Labute approximate surface area is 213 Å². The normalized spacial score (nSPS) is 12.9. The van der Waals surface area contributed by atoms with Crippen molar-refractivity contribution in [2.45, 2.75) is 74.3 Å². The number of benzene rings is 1. The van der Waals surface area contributed by atoms with Crippen LogP contribution >= 0.6 is 27.5 Å². The van der Waals surface area contributed by atoms with Crippen molar-refractivity contribution in [2.24, 2.45) is 0 Å². The van der Waals surface area contributed by atoms with Gasteiger partial charge in [0.1, 0.15) is 11.4 Å². The molecule has 33 heavy (non-hydrogen) atoms. The van der Waals surface area contributed by atoms with Gasteiger partial charge in [0, 0.05) is 36.2 Å². The first kappa shape index (κ1) is 31.3. The van der Waals surface area contributed by atoms with Gasteiger partial charge in [0.25, 0.3) is 0 Å². The predicted octanol–water partition coefficient (Wildman–Crippen LogP) is 8.02. The molecule has 2 amide bonds. The monoisotopic (exact) mass is 546 g/mol. The van der Waals surface area contributed by atoms with Crippen molar-refractivity contribution >= 4 is 45.3 Å². The van der Waals surface area contributed by atoms with E-state index in [-0.39, 0.29) is 6.09 Å². The van der Waals surface area contributed by atoms with Crippen LogP contribution in [0.15, 0.2) is 22.7 Å². The van der Waals surface area contributed by atoms with Crippen molar-refractivity contribution < 1.29 is 19.1 Å². The van der Waals surface area contributed by atoms with Gasteiger partial charge >= 0.3 is 12.2 Å². The lowest BCUT2D eigenvalue weighted by atomic mass is 9.98. The molecule has 1 aliphatic rings. The molecule has 0 radical (unpaired) electrons. The lowest BCUT2D eigenvalue weighted by Gasteiger charge is -2.30. The topological polar surface area (TPSA) is 59.1 Å². The van der Waals surface area contributed by atoms with Gasteiger partial charge in [-0.15, -0.1) is 0 Å². The number of hydrogen-bond acceptors (Lipinski definition) is 4. The lowest BCUT2D eigenvalue weighted by Crippen LogP contribution is -2.39. The minimum absolute atomic E-state index is 0.346. The average molecular weight is 548 g/mol. The van der Waals surface area contributed by atoms with Gasteiger partial charge in [-0.2, -0.15) is 0 Å². The fourth-order valence-electron chi connectivity index (χ4n) is 2.95. The first-order chi connectivity index (χ1) is 15.6. The fraction of sp³-hybridized carbons (Fsp3) is 0.600. The molecule has 0 unspecified atom stereocenters. The van der Waals surface area contributed by atoms with E-state index < -0.39 is 11.7 Å². The number of carbonyl (C=O) groups is 2. The molecule has 8 heteroatoms. The first-order valence-corrected chi connectivity index (χ1v) is 12.9. The number of rotatable bonds is 4. The molecule has 0 saturated heterocycles. The summed E-state index contributed by atoms with van der Waals surface area (Å²) < 4.78 is 11.8. The van der Waals surface area contributed by atoms with Gasteiger partial charge in [0.2, 0.25) is 0 Å². The van der Waals surface area contributed by atoms with Crippen molar-refractivity contribution in [3.63, 3.8) is 0 Å². The zero-order valence-electron chi connectivity index (χ0n) is 21.6. The molecular formula is C25H40BrClN2O4. The molecule has 0 aromatic heterocycles. The maximum Gasteiger partial charge on any atom is 0.415 e. The Morgan fingerprint density at radius 3 is 2.15 bits per heavy atom. The number of carbonyl (C=O) groups excluding carboxylic acids is 2. The van der Waals surface area contributed by atoms with E-state index >= 15 is 0 Å². The summed E-state index contributed by atoms with van der Waals surface area (Å²) in [6.45, 7) is 19.3. The van der Waals surface area contributed by atoms with Crippen molar-refractivity contribution in [3.8, 4) is 5.75 Å². The average Bonchev–Trinajstić information content (AvgIpc) is 2.79. The van der Waals surface area contributed by atoms with Crippen molar-refractivity contribution in [1.29, 1.82) is 0 Å². The minimum atomic E-state index is -0.541. The maximum absolute atomic E-state index is 12.4. The van der Waals surface area contributed by atoms with E-state index in [0.717, 1.165) is 5.57 Å². The zero-order chi connectivity index (χ0) is 25.8. The van der Waals surface area contributed by atoms with Crippen molar-refractivity contribution in [3.05, 3.63) is 33.3 Å². The molecule has 1 heterocycles. The Balaban J connectivity index is 0.00000242. The molecular weight excluding hydrogens is 508 g/mol. The summed E-state index contributed by atoms with van der Waals surface area (Å²) in [6, 6.07) is 3.49. The van der Waals surface area contributed by atoms with Crippen LogP contribution < -0.4 is 4.74 Å². The van der Waals surface area contributed by atoms with E-state index in [1.54, 1.807) is 21.9 Å². The quantitative estimate of drug-likeness (QED) is 0.383. The third-order valence-electron chi connectivity index (χ3n) is 4.46. The molecule has 2 rings (SSSR count). The first-order valence-electron chi connectivity index (χ1n) is 11.7. The molecule has 1 aromatic rings. The lowest BCUT2D eigenvalue weighted by molar-refractivity contribution is 0.0270. The highest BCUT2D eigenvalue weighted by Crippen LogP contribution is 2.40. The summed E-state index contributed by atoms with van der Waals surface area (Å²) in [6.07, 6.45) is 1.74. The van der Waals surface area contributed by atoms with Gasteiger partial charge in [-0.25, -0.2) is 9.59 Å². The van der Waals surface area contributed by atoms with Gasteiger partial charge in [0.05, 0.1) is 5.02 Å². The Kier molecular flexibility index (Phi) is 14.4. The second-order valence-corrected chi connectivity index (χ2v) is 8.91. The molecule has 0 fully saturated rings. The van der Waals surface area contributed by atoms with Gasteiger partial charge in [0.15, 0.2) is 0 Å². The molecule has 188 valence electrons. The molecule has 6 nitrogen and oxygen atoms in total. The van der Waals surface area contributed by atoms with E-state index in [1.165, 1.54) is 0 Å². The van der Waals surface area contributed by atoms with Crippen molar-refractivity contribution in [2.75, 3.05) is 26.2 Å². The summed E-state index contributed by atoms with van der Waals surface area (Å²) in [5.41, 5.74) is 1.06. The van der Waals surface area contributed by atoms with Crippen LogP contribution in [0.4, 0.5) is 9.59 Å². The standard InChI is InChI=1S/C21H28BrClN2O4.2C2H6/c1-6-24(7-2)19(26)28-16-9-8-15(22)18(23)17(16)14-10-12-25(13-11-14)20(27)29-21(3,4)5;2*1-2/h8-10H,6-7,11-13H2,1-5H3;2*1-2H3. The molecule has 0 aliphatic carbocycles. The van der Waals surface area contributed by atoms with Crippen LogP contribution in [0.2, 0.25) is 5.02 Å². The summed E-state index contributed by atoms with van der Waals surface area (Å²) >= 11 is 9.99. The molecule has 0 N–H and O–H groups in total. The Bertz CT molecular complexity index is 802. The van der Waals surface area contributed by atoms with E-state index in [9.17, 15) is 9.59 Å². The van der Waals surface area contributed by atoms with E-state index in [4.69, 9.17) is 21.1 Å². The van der Waals surface area contributed by atoms with Gasteiger partial charge in [-0.3, -0.25) is 0 Å². The van der Waals surface area contributed by atoms with Crippen LogP contribution in [0, 0.1) is 0 Å². The SMILES string of the molecule is CC.CC.CCN(CC)C(=O)Oc1ccc(Br)c(Cl)c1C1=CCN(C(=O)OC(C)(C)C)CC1. The van der Waals surface area contributed by atoms with E-state index in [1.807, 2.05) is 68.4 Å². The third-order valence-corrected chi connectivity index (χ3v) is 5.74. The number of amides is 2. The summed E-state index contributed by atoms with van der Waals surface area (Å²) in [7, 11) is 0. The van der Waals surface area contributed by atoms with Gasteiger partial charge in [-0.1, -0.05) is 45.4 Å². The minimum Gasteiger partial charge on any atom is -0.444 e. The Morgan fingerprint density at radius 1 is 1.12 bits per heavy atom. The van der Waals surface area contributed by atoms with E-state index in [2.05, 4.69) is 15.9 Å². The van der Waals surface area contributed by atoms with Gasteiger partial charge in [-0.05, 0) is 74.7 Å². The van der Waals surface area contributed by atoms with Crippen LogP contribution in [-0.4, -0.2) is 53.8 Å². The van der Waals surface area contributed by atoms with Crippen LogP contribution in [0.25, 0.3) is 5.57 Å². The Morgan fingerprint density at radius 2 is 1.70 bits per heavy atom. The highest BCUT2D eigenvalue weighted by atomic mass is 79.9. The second kappa shape index (κ2) is 15.2. The molecule has 1 aliphatic heterocycles. The van der Waals surface area contributed by atoms with E-state index in [0.29, 0.717) is 53.4 Å². The fourth-order valence-corrected chi connectivity index (χ4v) is 3.55. The van der Waals surface area contributed by atoms with Crippen LogP contribution in [0.1, 0.15) is 74.3 Å².